The van der Waals surface area contributed by atoms with Crippen molar-refractivity contribution in [3.63, 3.8) is 0 Å². The number of nitrogen functional groups attached to an aromatic ring is 1. The Hall–Kier alpha value is -3.82. The summed E-state index contributed by atoms with van der Waals surface area (Å²) >= 11 is 0. The highest BCUT2D eigenvalue weighted by atomic mass is 16.2. The van der Waals surface area contributed by atoms with Gasteiger partial charge in [-0.1, -0.05) is 6.07 Å². The van der Waals surface area contributed by atoms with Crippen molar-refractivity contribution in [1.82, 2.24) is 19.4 Å². The van der Waals surface area contributed by atoms with Crippen LogP contribution < -0.4 is 26.5 Å². The molecule has 1 spiro atoms. The van der Waals surface area contributed by atoms with Gasteiger partial charge in [0.1, 0.15) is 11.9 Å². The lowest BCUT2D eigenvalue weighted by Crippen LogP contribution is -2.47. The second-order valence-electron chi connectivity index (χ2n) is 10.7. The number of piperidine rings is 3. The number of hydrogen-bond acceptors (Lipinski definition) is 7. The van der Waals surface area contributed by atoms with Crippen LogP contribution in [0.15, 0.2) is 41.3 Å². The molecule has 10 nitrogen and oxygen atoms in total. The standard InChI is InChI=1S/C27H33N7O3/c1-31-24-19(3-2-4-20(24)34(26(31)37)21-6-8-23(35)30-25(21)36)33-15-11-27(12-16-33)9-13-32(14-10-27)18-5-7-22(28)29-17-18/h2-5,7,17,21H,6,8-16H2,1H3,(H2,28,29)(H,30,35,36). The molecular formula is C27H33N7O3. The predicted molar refractivity (Wildman–Crippen MR) is 143 cm³/mol. The van der Waals surface area contributed by atoms with E-state index in [0.29, 0.717) is 17.7 Å². The smallest absolute Gasteiger partial charge is 0.329 e. The van der Waals surface area contributed by atoms with Gasteiger partial charge in [0.25, 0.3) is 0 Å². The summed E-state index contributed by atoms with van der Waals surface area (Å²) in [7, 11) is 1.77. The second-order valence-corrected chi connectivity index (χ2v) is 10.7. The fourth-order valence-electron chi connectivity index (χ4n) is 6.45. The van der Waals surface area contributed by atoms with Crippen molar-refractivity contribution >= 4 is 40.0 Å². The van der Waals surface area contributed by atoms with Crippen molar-refractivity contribution in [3.8, 4) is 0 Å². The zero-order valence-corrected chi connectivity index (χ0v) is 21.2. The third-order valence-electron chi connectivity index (χ3n) is 8.73. The van der Waals surface area contributed by atoms with Gasteiger partial charge in [0, 0.05) is 39.6 Å². The summed E-state index contributed by atoms with van der Waals surface area (Å²) in [6.45, 7) is 3.90. The summed E-state index contributed by atoms with van der Waals surface area (Å²) in [6, 6.07) is 9.18. The number of aromatic nitrogens is 3. The number of pyridine rings is 1. The SMILES string of the molecule is Cn1c(=O)n(C2CCC(=O)NC2=O)c2cccc(N3CCC4(CCN(c5ccc(N)nc5)CC4)CC3)c21. The van der Waals surface area contributed by atoms with Crippen LogP contribution in [0, 0.1) is 5.41 Å². The number of nitrogens with zero attached hydrogens (tertiary/aromatic N) is 5. The Morgan fingerprint density at radius 2 is 1.68 bits per heavy atom. The van der Waals surface area contributed by atoms with Crippen molar-refractivity contribution < 1.29 is 9.59 Å². The van der Waals surface area contributed by atoms with E-state index < -0.39 is 11.9 Å². The molecule has 3 aromatic rings. The van der Waals surface area contributed by atoms with E-state index in [9.17, 15) is 14.4 Å². The Morgan fingerprint density at radius 1 is 0.973 bits per heavy atom. The molecule has 1 unspecified atom stereocenters. The number of nitrogens with two attached hydrogens (primary N) is 1. The quantitative estimate of drug-likeness (QED) is 0.526. The van der Waals surface area contributed by atoms with Gasteiger partial charge in [0.15, 0.2) is 0 Å². The van der Waals surface area contributed by atoms with Crippen LogP contribution in [-0.4, -0.2) is 52.1 Å². The Labute approximate surface area is 215 Å². The zero-order chi connectivity index (χ0) is 25.7. The molecule has 0 bridgehead atoms. The molecule has 37 heavy (non-hydrogen) atoms. The third kappa shape index (κ3) is 4.04. The zero-order valence-electron chi connectivity index (χ0n) is 21.2. The number of anilines is 3. The maximum Gasteiger partial charge on any atom is 0.329 e. The lowest BCUT2D eigenvalue weighted by atomic mass is 9.71. The first-order valence-electron chi connectivity index (χ1n) is 13.1. The van der Waals surface area contributed by atoms with Crippen molar-refractivity contribution in [2.24, 2.45) is 12.5 Å². The monoisotopic (exact) mass is 503 g/mol. The molecule has 3 aliphatic rings. The number of amides is 2. The van der Waals surface area contributed by atoms with E-state index in [4.69, 9.17) is 5.73 Å². The lowest BCUT2D eigenvalue weighted by Gasteiger charge is -2.48. The van der Waals surface area contributed by atoms with Gasteiger partial charge in [-0.3, -0.25) is 24.0 Å². The molecule has 1 atom stereocenters. The Bertz CT molecular complexity index is 1410. The summed E-state index contributed by atoms with van der Waals surface area (Å²) in [5, 5.41) is 2.39. The van der Waals surface area contributed by atoms with Gasteiger partial charge in [0.05, 0.1) is 28.6 Å². The maximum atomic E-state index is 13.3. The van der Waals surface area contributed by atoms with E-state index in [2.05, 4.69) is 32.2 Å². The van der Waals surface area contributed by atoms with E-state index >= 15 is 0 Å². The van der Waals surface area contributed by atoms with Gasteiger partial charge in [0.2, 0.25) is 11.8 Å². The number of rotatable bonds is 3. The Balaban J connectivity index is 1.20. The van der Waals surface area contributed by atoms with E-state index in [-0.39, 0.29) is 18.0 Å². The minimum atomic E-state index is -0.671. The van der Waals surface area contributed by atoms with Crippen LogP contribution >= 0.6 is 0 Å². The molecule has 0 saturated carbocycles. The molecule has 0 radical (unpaired) electrons. The van der Waals surface area contributed by atoms with Crippen molar-refractivity contribution in [2.75, 3.05) is 41.7 Å². The molecule has 3 saturated heterocycles. The van der Waals surface area contributed by atoms with Crippen LogP contribution in [0.3, 0.4) is 0 Å². The Kier molecular flexibility index (Phi) is 5.69. The minimum absolute atomic E-state index is 0.227. The second kappa shape index (κ2) is 8.93. The molecule has 0 aliphatic carbocycles. The first-order chi connectivity index (χ1) is 17.8. The van der Waals surface area contributed by atoms with Crippen LogP contribution in [0.4, 0.5) is 17.2 Å². The molecule has 2 aromatic heterocycles. The summed E-state index contributed by atoms with van der Waals surface area (Å²) in [5.74, 6) is -0.143. The van der Waals surface area contributed by atoms with Gasteiger partial charge < -0.3 is 15.5 Å². The van der Waals surface area contributed by atoms with Gasteiger partial charge in [-0.15, -0.1) is 0 Å². The lowest BCUT2D eigenvalue weighted by molar-refractivity contribution is -0.135. The summed E-state index contributed by atoms with van der Waals surface area (Å²) in [6.07, 6.45) is 6.96. The molecule has 3 aliphatic heterocycles. The predicted octanol–water partition coefficient (Wildman–Crippen LogP) is 2.18. The van der Waals surface area contributed by atoms with E-state index in [1.165, 1.54) is 0 Å². The topological polar surface area (TPSA) is 118 Å². The van der Waals surface area contributed by atoms with Crippen LogP contribution in [-0.2, 0) is 16.6 Å². The highest BCUT2D eigenvalue weighted by Crippen LogP contribution is 2.43. The number of para-hydroxylation sites is 1. The van der Waals surface area contributed by atoms with Gasteiger partial charge in [-0.25, -0.2) is 9.78 Å². The highest BCUT2D eigenvalue weighted by molar-refractivity contribution is 6.00. The van der Waals surface area contributed by atoms with Crippen LogP contribution in [0.25, 0.3) is 11.0 Å². The largest absolute Gasteiger partial charge is 0.384 e. The van der Waals surface area contributed by atoms with E-state index in [1.54, 1.807) is 16.2 Å². The van der Waals surface area contributed by atoms with Crippen LogP contribution in [0.2, 0.25) is 0 Å². The number of imide groups is 1. The van der Waals surface area contributed by atoms with Crippen LogP contribution in [0.1, 0.15) is 44.6 Å². The number of aryl methyl sites for hydroxylation is 1. The maximum absolute atomic E-state index is 13.3. The van der Waals surface area contributed by atoms with Gasteiger partial charge >= 0.3 is 5.69 Å². The molecular weight excluding hydrogens is 470 g/mol. The first-order valence-corrected chi connectivity index (χ1v) is 13.1. The molecule has 5 heterocycles. The number of fused-ring (bicyclic) bond motifs is 1. The highest BCUT2D eigenvalue weighted by Gasteiger charge is 2.38. The Morgan fingerprint density at radius 3 is 2.32 bits per heavy atom. The third-order valence-corrected chi connectivity index (χ3v) is 8.73. The average Bonchev–Trinajstić information content (AvgIpc) is 3.16. The normalized spacial score (nSPS) is 22.0. The molecule has 6 rings (SSSR count). The molecule has 2 amide bonds. The molecule has 10 heteroatoms. The van der Waals surface area contributed by atoms with Crippen molar-refractivity contribution in [3.05, 3.63) is 47.0 Å². The summed E-state index contributed by atoms with van der Waals surface area (Å²) in [4.78, 5) is 46.5. The average molecular weight is 504 g/mol. The van der Waals surface area contributed by atoms with Crippen molar-refractivity contribution in [2.45, 2.75) is 44.6 Å². The van der Waals surface area contributed by atoms with Crippen molar-refractivity contribution in [1.29, 1.82) is 0 Å². The first kappa shape index (κ1) is 23.6. The fraction of sp³-hybridized carbons (Fsp3) is 0.481. The molecule has 3 N–H and O–H groups in total. The molecule has 1 aromatic carbocycles. The fourth-order valence-corrected chi connectivity index (χ4v) is 6.45. The number of carbonyl (C=O) groups is 2. The number of imidazole rings is 1. The molecule has 194 valence electrons. The number of nitrogens with one attached hydrogen (secondary N) is 1. The van der Waals surface area contributed by atoms with Crippen LogP contribution in [0.5, 0.6) is 0 Å². The number of carbonyl (C=O) groups excluding carboxylic acids is 2. The van der Waals surface area contributed by atoms with Gasteiger partial charge in [-0.2, -0.15) is 0 Å². The molecule has 3 fully saturated rings. The van der Waals surface area contributed by atoms with E-state index in [0.717, 1.165) is 74.3 Å². The number of hydrogen-bond donors (Lipinski definition) is 2. The summed E-state index contributed by atoms with van der Waals surface area (Å²) < 4.78 is 3.21. The number of benzene rings is 1. The van der Waals surface area contributed by atoms with Gasteiger partial charge in [-0.05, 0) is 61.8 Å². The summed E-state index contributed by atoms with van der Waals surface area (Å²) in [5.41, 5.74) is 9.61. The minimum Gasteiger partial charge on any atom is -0.384 e. The van der Waals surface area contributed by atoms with E-state index in [1.807, 2.05) is 24.4 Å².